The summed E-state index contributed by atoms with van der Waals surface area (Å²) < 4.78 is 5.11. The van der Waals surface area contributed by atoms with E-state index in [9.17, 15) is 5.11 Å². The minimum absolute atomic E-state index is 0.176. The molecule has 1 aliphatic rings. The zero-order valence-electron chi connectivity index (χ0n) is 8.96. The summed E-state index contributed by atoms with van der Waals surface area (Å²) >= 11 is 0. The van der Waals surface area contributed by atoms with E-state index in [4.69, 9.17) is 4.52 Å². The zero-order chi connectivity index (χ0) is 10.7. The van der Waals surface area contributed by atoms with Gasteiger partial charge < -0.3 is 9.63 Å². The predicted octanol–water partition coefficient (Wildman–Crippen LogP) is 0.977. The van der Waals surface area contributed by atoms with Crippen LogP contribution in [-0.4, -0.2) is 39.3 Å². The second-order valence-corrected chi connectivity index (χ2v) is 4.02. The second-order valence-electron chi connectivity index (χ2n) is 4.02. The molecule has 2 rings (SSSR count). The van der Waals surface area contributed by atoms with Crippen molar-refractivity contribution in [3.63, 3.8) is 0 Å². The molecule has 1 saturated heterocycles. The van der Waals surface area contributed by atoms with Gasteiger partial charge in [0, 0.05) is 13.1 Å². The summed E-state index contributed by atoms with van der Waals surface area (Å²) in [6.45, 7) is 3.76. The van der Waals surface area contributed by atoms with Crippen molar-refractivity contribution in [2.24, 2.45) is 0 Å². The molecule has 5 heteroatoms. The first-order valence-electron chi connectivity index (χ1n) is 5.50. The largest absolute Gasteiger partial charge is 0.392 e. The number of aliphatic hydroxyl groups is 1. The molecule has 2 unspecified atom stereocenters. The highest BCUT2D eigenvalue weighted by Crippen LogP contribution is 2.27. The molecule has 1 aromatic rings. The van der Waals surface area contributed by atoms with Crippen molar-refractivity contribution in [2.75, 3.05) is 13.1 Å². The number of β-amino-alcohol motifs (C(OH)–C–C–N with tert-alkyl or cyclic N) is 1. The van der Waals surface area contributed by atoms with E-state index in [0.717, 1.165) is 25.8 Å². The Hall–Kier alpha value is -0.940. The first-order chi connectivity index (χ1) is 7.31. The third-order valence-corrected chi connectivity index (χ3v) is 2.86. The molecule has 1 fully saturated rings. The first kappa shape index (κ1) is 10.6. The van der Waals surface area contributed by atoms with Crippen molar-refractivity contribution in [3.05, 3.63) is 12.2 Å². The maximum atomic E-state index is 9.51. The molecular formula is C10H17N3O2. The summed E-state index contributed by atoms with van der Waals surface area (Å²) in [5.41, 5.74) is 0. The summed E-state index contributed by atoms with van der Waals surface area (Å²) in [4.78, 5) is 6.33. The van der Waals surface area contributed by atoms with Crippen molar-refractivity contribution in [1.82, 2.24) is 15.0 Å². The fourth-order valence-electron chi connectivity index (χ4n) is 2.12. The fourth-order valence-corrected chi connectivity index (χ4v) is 2.12. The molecule has 0 spiro atoms. The fraction of sp³-hybridized carbons (Fsp3) is 0.800. The molecule has 2 atom stereocenters. The van der Waals surface area contributed by atoms with Gasteiger partial charge in [-0.25, -0.2) is 0 Å². The number of hydrogen-bond acceptors (Lipinski definition) is 5. The minimum atomic E-state index is -0.202. The van der Waals surface area contributed by atoms with Crippen LogP contribution in [0.3, 0.4) is 0 Å². The van der Waals surface area contributed by atoms with Gasteiger partial charge in [0.2, 0.25) is 5.89 Å². The lowest BCUT2D eigenvalue weighted by Gasteiger charge is -2.23. The van der Waals surface area contributed by atoms with Crippen molar-refractivity contribution in [1.29, 1.82) is 0 Å². The molecule has 0 amide bonds. The highest BCUT2D eigenvalue weighted by Gasteiger charge is 2.30. The summed E-state index contributed by atoms with van der Waals surface area (Å²) in [5, 5.41) is 13.1. The van der Waals surface area contributed by atoms with Crippen LogP contribution in [0.1, 0.15) is 38.1 Å². The minimum Gasteiger partial charge on any atom is -0.392 e. The molecule has 15 heavy (non-hydrogen) atoms. The lowest BCUT2D eigenvalue weighted by atomic mass is 10.1. The summed E-state index contributed by atoms with van der Waals surface area (Å²) in [6, 6.07) is 0.176. The number of likely N-dealkylation sites (tertiary alicyclic amines) is 1. The lowest BCUT2D eigenvalue weighted by molar-refractivity contribution is 0.139. The Morgan fingerprint density at radius 3 is 3.13 bits per heavy atom. The molecule has 1 aromatic heterocycles. The van der Waals surface area contributed by atoms with Crippen LogP contribution in [0.4, 0.5) is 0 Å². The normalized spacial score (nSPS) is 24.5. The number of aliphatic hydroxyl groups excluding tert-OH is 1. The Labute approximate surface area is 89.1 Å². The number of hydrogen-bond donors (Lipinski definition) is 1. The molecular weight excluding hydrogens is 194 g/mol. The Balaban J connectivity index is 2.06. The Morgan fingerprint density at radius 2 is 2.60 bits per heavy atom. The van der Waals surface area contributed by atoms with E-state index < -0.39 is 0 Å². The van der Waals surface area contributed by atoms with Gasteiger partial charge in [0.15, 0.2) is 6.33 Å². The van der Waals surface area contributed by atoms with Gasteiger partial charge in [-0.3, -0.25) is 4.90 Å². The molecule has 84 valence electrons. The van der Waals surface area contributed by atoms with E-state index in [0.29, 0.717) is 12.4 Å². The van der Waals surface area contributed by atoms with E-state index in [1.807, 2.05) is 0 Å². The highest BCUT2D eigenvalue weighted by atomic mass is 16.5. The van der Waals surface area contributed by atoms with E-state index in [1.54, 1.807) is 0 Å². The third-order valence-electron chi connectivity index (χ3n) is 2.86. The van der Waals surface area contributed by atoms with Gasteiger partial charge >= 0.3 is 0 Å². The average Bonchev–Trinajstić information content (AvgIpc) is 2.85. The van der Waals surface area contributed by atoms with Gasteiger partial charge in [-0.1, -0.05) is 18.5 Å². The van der Waals surface area contributed by atoms with Crippen LogP contribution in [0.5, 0.6) is 0 Å². The maximum absolute atomic E-state index is 9.51. The van der Waals surface area contributed by atoms with Gasteiger partial charge in [-0.05, 0) is 12.8 Å². The second kappa shape index (κ2) is 4.72. The van der Waals surface area contributed by atoms with E-state index in [2.05, 4.69) is 22.0 Å². The van der Waals surface area contributed by atoms with Crippen LogP contribution in [0, 0.1) is 0 Å². The average molecular weight is 211 g/mol. The van der Waals surface area contributed by atoms with Crippen LogP contribution < -0.4 is 0 Å². The van der Waals surface area contributed by atoms with Crippen LogP contribution in [-0.2, 0) is 0 Å². The standard InChI is InChI=1S/C10H17N3O2/c1-2-3-9(10-11-7-12-15-10)13-5-4-8(14)6-13/h7-9,14H,2-6H2,1H3. The molecule has 0 saturated carbocycles. The smallest absolute Gasteiger partial charge is 0.243 e. The number of aromatic nitrogens is 2. The Kier molecular flexibility index (Phi) is 3.33. The Bertz CT molecular complexity index is 289. The predicted molar refractivity (Wildman–Crippen MR) is 54.1 cm³/mol. The van der Waals surface area contributed by atoms with Gasteiger partial charge in [0.25, 0.3) is 0 Å². The molecule has 1 N–H and O–H groups in total. The van der Waals surface area contributed by atoms with Crippen LogP contribution in [0.25, 0.3) is 0 Å². The van der Waals surface area contributed by atoms with E-state index in [1.165, 1.54) is 6.33 Å². The topological polar surface area (TPSA) is 62.4 Å². The highest BCUT2D eigenvalue weighted by molar-refractivity contribution is 4.92. The van der Waals surface area contributed by atoms with Crippen molar-refractivity contribution in [2.45, 2.75) is 38.3 Å². The summed E-state index contributed by atoms with van der Waals surface area (Å²) in [6.07, 6.45) is 4.14. The molecule has 0 bridgehead atoms. The molecule has 0 aromatic carbocycles. The van der Waals surface area contributed by atoms with Gasteiger partial charge in [-0.2, -0.15) is 4.98 Å². The van der Waals surface area contributed by atoms with E-state index >= 15 is 0 Å². The van der Waals surface area contributed by atoms with Gasteiger partial charge in [0.1, 0.15) is 0 Å². The summed E-state index contributed by atoms with van der Waals surface area (Å²) in [5.74, 6) is 0.672. The quantitative estimate of drug-likeness (QED) is 0.804. The van der Waals surface area contributed by atoms with Crippen molar-refractivity contribution >= 4 is 0 Å². The van der Waals surface area contributed by atoms with Gasteiger partial charge in [-0.15, -0.1) is 0 Å². The van der Waals surface area contributed by atoms with E-state index in [-0.39, 0.29) is 12.1 Å². The zero-order valence-corrected chi connectivity index (χ0v) is 8.96. The number of rotatable bonds is 4. The molecule has 0 radical (unpaired) electrons. The first-order valence-corrected chi connectivity index (χ1v) is 5.50. The lowest BCUT2D eigenvalue weighted by Crippen LogP contribution is -2.27. The molecule has 5 nitrogen and oxygen atoms in total. The van der Waals surface area contributed by atoms with Crippen molar-refractivity contribution in [3.8, 4) is 0 Å². The van der Waals surface area contributed by atoms with Crippen LogP contribution in [0.2, 0.25) is 0 Å². The SMILES string of the molecule is CCCC(c1ncno1)N1CCC(O)C1. The van der Waals surface area contributed by atoms with Gasteiger partial charge in [0.05, 0.1) is 12.1 Å². The van der Waals surface area contributed by atoms with Crippen molar-refractivity contribution < 1.29 is 9.63 Å². The molecule has 1 aliphatic heterocycles. The maximum Gasteiger partial charge on any atom is 0.243 e. The number of nitrogens with zero attached hydrogens (tertiary/aromatic N) is 3. The summed E-state index contributed by atoms with van der Waals surface area (Å²) in [7, 11) is 0. The van der Waals surface area contributed by atoms with Crippen LogP contribution >= 0.6 is 0 Å². The Morgan fingerprint density at radius 1 is 1.73 bits per heavy atom. The van der Waals surface area contributed by atoms with Crippen LogP contribution in [0.15, 0.2) is 10.9 Å². The molecule has 0 aliphatic carbocycles. The monoisotopic (exact) mass is 211 g/mol. The third kappa shape index (κ3) is 2.35. The molecule has 2 heterocycles.